The summed E-state index contributed by atoms with van der Waals surface area (Å²) in [5.41, 5.74) is 2.24. The third kappa shape index (κ3) is 4.39. The van der Waals surface area contributed by atoms with Crippen LogP contribution in [-0.2, 0) is 0 Å². The Morgan fingerprint density at radius 2 is 1.70 bits per heavy atom. The van der Waals surface area contributed by atoms with Crippen LogP contribution in [0.1, 0.15) is 20.8 Å². The molecule has 0 aromatic carbocycles. The topological polar surface area (TPSA) is 0 Å². The molecule has 0 nitrogen and oxygen atoms in total. The van der Waals surface area contributed by atoms with E-state index in [0.29, 0.717) is 0 Å². The van der Waals surface area contributed by atoms with Gasteiger partial charge in [0, 0.05) is 5.03 Å². The van der Waals surface area contributed by atoms with Crippen LogP contribution in [0.25, 0.3) is 0 Å². The highest BCUT2D eigenvalue weighted by atomic mass is 35.5. The Kier molecular flexibility index (Phi) is 4.13. The van der Waals surface area contributed by atoms with Crippen molar-refractivity contribution < 1.29 is 0 Å². The summed E-state index contributed by atoms with van der Waals surface area (Å²) >= 11 is 5.61. The van der Waals surface area contributed by atoms with Crippen molar-refractivity contribution in [2.75, 3.05) is 0 Å². The second-order valence-electron chi connectivity index (χ2n) is 2.38. The van der Waals surface area contributed by atoms with Crippen LogP contribution in [0.4, 0.5) is 0 Å². The first-order chi connectivity index (χ1) is 4.54. The average molecular weight is 157 g/mol. The van der Waals surface area contributed by atoms with Gasteiger partial charge in [-0.05, 0) is 32.4 Å². The summed E-state index contributed by atoms with van der Waals surface area (Å²) in [6.07, 6.45) is 3.83. The van der Waals surface area contributed by atoms with Crippen LogP contribution >= 0.6 is 11.6 Å². The van der Waals surface area contributed by atoms with Crippen molar-refractivity contribution in [3.05, 3.63) is 34.9 Å². The van der Waals surface area contributed by atoms with E-state index in [1.54, 1.807) is 0 Å². The Morgan fingerprint density at radius 3 is 2.00 bits per heavy atom. The van der Waals surface area contributed by atoms with Gasteiger partial charge in [-0.2, -0.15) is 0 Å². The van der Waals surface area contributed by atoms with Crippen molar-refractivity contribution in [3.63, 3.8) is 0 Å². The van der Waals surface area contributed by atoms with Crippen molar-refractivity contribution >= 4 is 11.6 Å². The van der Waals surface area contributed by atoms with Gasteiger partial charge in [0.25, 0.3) is 0 Å². The second-order valence-corrected chi connectivity index (χ2v) is 2.98. The molecule has 56 valence electrons. The highest BCUT2D eigenvalue weighted by molar-refractivity contribution is 6.29. The molecule has 0 rings (SSSR count). The number of halogens is 1. The average Bonchev–Trinajstić information content (AvgIpc) is 1.82. The summed E-state index contributed by atoms with van der Waals surface area (Å²) < 4.78 is 0. The Morgan fingerprint density at radius 1 is 1.20 bits per heavy atom. The molecule has 0 aliphatic rings. The van der Waals surface area contributed by atoms with Crippen LogP contribution in [0.15, 0.2) is 34.9 Å². The first-order valence-corrected chi connectivity index (χ1v) is 3.58. The van der Waals surface area contributed by atoms with Gasteiger partial charge in [0.15, 0.2) is 0 Å². The molecule has 0 atom stereocenters. The predicted octanol–water partition coefficient (Wildman–Crippen LogP) is 3.65. The third-order valence-corrected chi connectivity index (χ3v) is 1.36. The molecule has 0 saturated carbocycles. The van der Waals surface area contributed by atoms with Gasteiger partial charge >= 0.3 is 0 Å². The van der Waals surface area contributed by atoms with E-state index in [-0.39, 0.29) is 0 Å². The number of rotatable bonds is 2. The maximum Gasteiger partial charge on any atom is 0.0150 e. The van der Waals surface area contributed by atoms with Gasteiger partial charge in [-0.25, -0.2) is 0 Å². The highest BCUT2D eigenvalue weighted by Gasteiger charge is 1.85. The van der Waals surface area contributed by atoms with E-state index in [2.05, 4.69) is 6.58 Å². The molecule has 10 heavy (non-hydrogen) atoms. The summed E-state index contributed by atoms with van der Waals surface area (Å²) in [7, 11) is 0. The molecule has 0 N–H and O–H groups in total. The van der Waals surface area contributed by atoms with E-state index >= 15 is 0 Å². The molecule has 0 bridgehead atoms. The fraction of sp³-hybridized carbons (Fsp3) is 0.333. The Labute approximate surface area is 67.9 Å². The zero-order valence-corrected chi connectivity index (χ0v) is 7.50. The maximum atomic E-state index is 5.61. The first-order valence-electron chi connectivity index (χ1n) is 3.20. The molecule has 0 saturated heterocycles. The van der Waals surface area contributed by atoms with Crippen LogP contribution in [-0.4, -0.2) is 0 Å². The Bertz CT molecular complexity index is 181. The molecule has 0 amide bonds. The minimum atomic E-state index is 0.792. The normalized spacial score (nSPS) is 13.6. The van der Waals surface area contributed by atoms with Gasteiger partial charge in [-0.15, -0.1) is 0 Å². The number of hydrogen-bond donors (Lipinski definition) is 0. The SMILES string of the molecule is C=C(C)/C(C)=C/C=C(\C)Cl. The van der Waals surface area contributed by atoms with Gasteiger partial charge in [0.1, 0.15) is 0 Å². The monoisotopic (exact) mass is 156 g/mol. The summed E-state index contributed by atoms with van der Waals surface area (Å²) in [5.74, 6) is 0. The predicted molar refractivity (Wildman–Crippen MR) is 48.2 cm³/mol. The first kappa shape index (κ1) is 9.51. The smallest absolute Gasteiger partial charge is 0.0150 e. The molecule has 0 fully saturated rings. The largest absolute Gasteiger partial charge is 0.0958 e. The van der Waals surface area contributed by atoms with E-state index in [9.17, 15) is 0 Å². The fourth-order valence-corrected chi connectivity index (χ4v) is 0.445. The van der Waals surface area contributed by atoms with Crippen LogP contribution in [0.2, 0.25) is 0 Å². The van der Waals surface area contributed by atoms with E-state index in [4.69, 9.17) is 11.6 Å². The standard InChI is InChI=1S/C9H13Cl/c1-7(2)8(3)5-6-9(4)10/h5-6H,1H2,2-4H3/b8-5+,9-6+. The van der Waals surface area contributed by atoms with Gasteiger partial charge in [0.05, 0.1) is 0 Å². The fourth-order valence-electron chi connectivity index (χ4n) is 0.382. The Hall–Kier alpha value is -0.490. The van der Waals surface area contributed by atoms with Crippen LogP contribution in [0.5, 0.6) is 0 Å². The van der Waals surface area contributed by atoms with Crippen molar-refractivity contribution in [1.82, 2.24) is 0 Å². The van der Waals surface area contributed by atoms with Gasteiger partial charge in [0.2, 0.25) is 0 Å². The quantitative estimate of drug-likeness (QED) is 0.536. The van der Waals surface area contributed by atoms with E-state index in [1.807, 2.05) is 32.9 Å². The molecule has 0 radical (unpaired) electrons. The van der Waals surface area contributed by atoms with E-state index < -0.39 is 0 Å². The molecule has 0 aromatic heterocycles. The molecular formula is C9H13Cl. The maximum absolute atomic E-state index is 5.61. The minimum absolute atomic E-state index is 0.792. The van der Waals surface area contributed by atoms with Gasteiger partial charge < -0.3 is 0 Å². The van der Waals surface area contributed by atoms with Gasteiger partial charge in [-0.3, -0.25) is 0 Å². The van der Waals surface area contributed by atoms with E-state index in [0.717, 1.165) is 10.6 Å². The lowest BCUT2D eigenvalue weighted by Gasteiger charge is -1.94. The summed E-state index contributed by atoms with van der Waals surface area (Å²) in [6.45, 7) is 9.63. The van der Waals surface area contributed by atoms with E-state index in [1.165, 1.54) is 5.57 Å². The lowest BCUT2D eigenvalue weighted by atomic mass is 10.1. The minimum Gasteiger partial charge on any atom is -0.0958 e. The van der Waals surface area contributed by atoms with Crippen LogP contribution < -0.4 is 0 Å². The van der Waals surface area contributed by atoms with Crippen molar-refractivity contribution in [2.45, 2.75) is 20.8 Å². The molecule has 0 aliphatic carbocycles. The van der Waals surface area contributed by atoms with Crippen molar-refractivity contribution in [2.24, 2.45) is 0 Å². The molecule has 0 unspecified atom stereocenters. The van der Waals surface area contributed by atoms with Crippen molar-refractivity contribution in [1.29, 1.82) is 0 Å². The summed E-state index contributed by atoms with van der Waals surface area (Å²) in [4.78, 5) is 0. The lowest BCUT2D eigenvalue weighted by molar-refractivity contribution is 1.36. The van der Waals surface area contributed by atoms with Crippen LogP contribution in [0, 0.1) is 0 Å². The Balaban J connectivity index is 4.19. The summed E-state index contributed by atoms with van der Waals surface area (Å²) in [6, 6.07) is 0. The molecular weight excluding hydrogens is 144 g/mol. The second kappa shape index (κ2) is 4.35. The molecule has 0 aliphatic heterocycles. The number of hydrogen-bond acceptors (Lipinski definition) is 0. The number of allylic oxidation sites excluding steroid dienone is 5. The zero-order valence-electron chi connectivity index (χ0n) is 6.74. The molecule has 1 heteroatoms. The lowest BCUT2D eigenvalue weighted by Crippen LogP contribution is -1.73. The summed E-state index contributed by atoms with van der Waals surface area (Å²) in [5, 5.41) is 0.792. The van der Waals surface area contributed by atoms with Crippen molar-refractivity contribution in [3.8, 4) is 0 Å². The van der Waals surface area contributed by atoms with Crippen LogP contribution in [0.3, 0.4) is 0 Å². The highest BCUT2D eigenvalue weighted by Crippen LogP contribution is 2.06. The molecule has 0 spiro atoms. The zero-order chi connectivity index (χ0) is 8.15. The molecule has 0 aromatic rings. The molecule has 0 heterocycles. The van der Waals surface area contributed by atoms with Gasteiger partial charge in [-0.1, -0.05) is 29.8 Å². The third-order valence-electron chi connectivity index (χ3n) is 1.24.